The molecule has 0 atom stereocenters. The standard InChI is InChI=1S/C14H24N2O2/c1-4-17-13-7-5-6-8-14(13)18-12-10-15-9-11-16(2)3/h5-8,15H,4,9-12H2,1-3H3. The molecule has 102 valence electrons. The van der Waals surface area contributed by atoms with Crippen LogP contribution in [0.3, 0.4) is 0 Å². The minimum absolute atomic E-state index is 0.650. The van der Waals surface area contributed by atoms with E-state index in [2.05, 4.69) is 24.3 Å². The van der Waals surface area contributed by atoms with Crippen LogP contribution in [0, 0.1) is 0 Å². The molecule has 0 aromatic heterocycles. The number of para-hydroxylation sites is 2. The maximum Gasteiger partial charge on any atom is 0.161 e. The minimum Gasteiger partial charge on any atom is -0.490 e. The van der Waals surface area contributed by atoms with Crippen LogP contribution in [0.5, 0.6) is 11.5 Å². The topological polar surface area (TPSA) is 33.7 Å². The van der Waals surface area contributed by atoms with Gasteiger partial charge in [0.05, 0.1) is 6.61 Å². The van der Waals surface area contributed by atoms with Crippen LogP contribution in [0.1, 0.15) is 6.92 Å². The van der Waals surface area contributed by atoms with Gasteiger partial charge in [-0.25, -0.2) is 0 Å². The van der Waals surface area contributed by atoms with Crippen LogP contribution >= 0.6 is 0 Å². The Kier molecular flexibility index (Phi) is 7.22. The quantitative estimate of drug-likeness (QED) is 0.677. The Morgan fingerprint density at radius 2 is 1.72 bits per heavy atom. The van der Waals surface area contributed by atoms with Crippen molar-refractivity contribution in [1.29, 1.82) is 0 Å². The van der Waals surface area contributed by atoms with E-state index in [1.807, 2.05) is 31.2 Å². The smallest absolute Gasteiger partial charge is 0.161 e. The third-order valence-corrected chi connectivity index (χ3v) is 2.42. The summed E-state index contributed by atoms with van der Waals surface area (Å²) in [7, 11) is 4.13. The van der Waals surface area contributed by atoms with Crippen LogP contribution in [-0.4, -0.2) is 51.8 Å². The molecule has 0 radical (unpaired) electrons. The number of nitrogens with zero attached hydrogens (tertiary/aromatic N) is 1. The lowest BCUT2D eigenvalue weighted by Gasteiger charge is -2.13. The molecule has 1 rings (SSSR count). The zero-order chi connectivity index (χ0) is 13.2. The lowest BCUT2D eigenvalue weighted by molar-refractivity contribution is 0.274. The number of hydrogen-bond donors (Lipinski definition) is 1. The Morgan fingerprint density at radius 3 is 2.33 bits per heavy atom. The number of likely N-dealkylation sites (N-methyl/N-ethyl adjacent to an activating group) is 1. The average Bonchev–Trinajstić information content (AvgIpc) is 2.35. The zero-order valence-electron chi connectivity index (χ0n) is 11.6. The summed E-state index contributed by atoms with van der Waals surface area (Å²) in [6.45, 7) is 6.13. The highest BCUT2D eigenvalue weighted by molar-refractivity contribution is 5.39. The molecule has 1 aromatic rings. The van der Waals surface area contributed by atoms with Gasteiger partial charge in [0.1, 0.15) is 6.61 Å². The molecule has 0 heterocycles. The van der Waals surface area contributed by atoms with Crippen molar-refractivity contribution < 1.29 is 9.47 Å². The summed E-state index contributed by atoms with van der Waals surface area (Å²) < 4.78 is 11.2. The average molecular weight is 252 g/mol. The van der Waals surface area contributed by atoms with Crippen LogP contribution in [0.15, 0.2) is 24.3 Å². The summed E-state index contributed by atoms with van der Waals surface area (Å²) in [5.74, 6) is 1.63. The van der Waals surface area contributed by atoms with Gasteiger partial charge in [-0.05, 0) is 33.2 Å². The second-order valence-electron chi connectivity index (χ2n) is 4.28. The highest BCUT2D eigenvalue weighted by atomic mass is 16.5. The van der Waals surface area contributed by atoms with Crippen molar-refractivity contribution in [2.75, 3.05) is 46.9 Å². The molecule has 0 unspecified atom stereocenters. The van der Waals surface area contributed by atoms with Crippen LogP contribution < -0.4 is 14.8 Å². The molecule has 0 aliphatic carbocycles. The fraction of sp³-hybridized carbons (Fsp3) is 0.571. The number of benzene rings is 1. The van der Waals surface area contributed by atoms with Crippen LogP contribution in [0.4, 0.5) is 0 Å². The second kappa shape index (κ2) is 8.78. The molecule has 1 N–H and O–H groups in total. The maximum atomic E-state index is 5.70. The van der Waals surface area contributed by atoms with Crippen LogP contribution in [-0.2, 0) is 0 Å². The Morgan fingerprint density at radius 1 is 1.06 bits per heavy atom. The molecule has 18 heavy (non-hydrogen) atoms. The Bertz CT molecular complexity index is 329. The van der Waals surface area contributed by atoms with E-state index in [0.29, 0.717) is 13.2 Å². The van der Waals surface area contributed by atoms with Crippen molar-refractivity contribution in [3.8, 4) is 11.5 Å². The Labute approximate surface area is 110 Å². The molecule has 0 amide bonds. The normalized spacial score (nSPS) is 10.7. The van der Waals surface area contributed by atoms with E-state index in [1.54, 1.807) is 0 Å². The van der Waals surface area contributed by atoms with Crippen LogP contribution in [0.25, 0.3) is 0 Å². The van der Waals surface area contributed by atoms with Crippen molar-refractivity contribution in [3.05, 3.63) is 24.3 Å². The van der Waals surface area contributed by atoms with Gasteiger partial charge in [0.2, 0.25) is 0 Å². The van der Waals surface area contributed by atoms with E-state index in [9.17, 15) is 0 Å². The lowest BCUT2D eigenvalue weighted by Crippen LogP contribution is -2.29. The molecule has 0 spiro atoms. The molecule has 4 nitrogen and oxygen atoms in total. The van der Waals surface area contributed by atoms with Gasteiger partial charge in [-0.2, -0.15) is 0 Å². The van der Waals surface area contributed by atoms with Gasteiger partial charge in [-0.15, -0.1) is 0 Å². The summed E-state index contributed by atoms with van der Waals surface area (Å²) in [4.78, 5) is 2.15. The van der Waals surface area contributed by atoms with Crippen molar-refractivity contribution in [1.82, 2.24) is 10.2 Å². The summed E-state index contributed by atoms with van der Waals surface area (Å²) in [6, 6.07) is 7.77. The predicted octanol–water partition coefficient (Wildman–Crippen LogP) is 1.62. The van der Waals surface area contributed by atoms with Crippen molar-refractivity contribution in [2.45, 2.75) is 6.92 Å². The summed E-state index contributed by atoms with van der Waals surface area (Å²) in [5.41, 5.74) is 0. The van der Waals surface area contributed by atoms with Gasteiger partial charge in [0, 0.05) is 19.6 Å². The molecule has 0 aliphatic rings. The third kappa shape index (κ3) is 5.89. The first-order valence-corrected chi connectivity index (χ1v) is 6.44. The predicted molar refractivity (Wildman–Crippen MR) is 74.5 cm³/mol. The van der Waals surface area contributed by atoms with Gasteiger partial charge in [0.15, 0.2) is 11.5 Å². The van der Waals surface area contributed by atoms with Crippen molar-refractivity contribution >= 4 is 0 Å². The molecule has 0 saturated carbocycles. The lowest BCUT2D eigenvalue weighted by atomic mass is 10.3. The summed E-state index contributed by atoms with van der Waals surface area (Å²) in [6.07, 6.45) is 0. The van der Waals surface area contributed by atoms with E-state index in [0.717, 1.165) is 31.1 Å². The van der Waals surface area contributed by atoms with Crippen molar-refractivity contribution in [3.63, 3.8) is 0 Å². The summed E-state index contributed by atoms with van der Waals surface area (Å²) in [5, 5.41) is 3.33. The highest BCUT2D eigenvalue weighted by Crippen LogP contribution is 2.25. The van der Waals surface area contributed by atoms with Gasteiger partial charge in [-0.1, -0.05) is 12.1 Å². The largest absolute Gasteiger partial charge is 0.490 e. The second-order valence-corrected chi connectivity index (χ2v) is 4.28. The first-order chi connectivity index (χ1) is 8.74. The molecule has 0 fully saturated rings. The van der Waals surface area contributed by atoms with E-state index >= 15 is 0 Å². The fourth-order valence-electron chi connectivity index (χ4n) is 1.50. The molecule has 0 saturated heterocycles. The molecular weight excluding hydrogens is 228 g/mol. The monoisotopic (exact) mass is 252 g/mol. The van der Waals surface area contributed by atoms with Gasteiger partial charge in [0.25, 0.3) is 0 Å². The van der Waals surface area contributed by atoms with Gasteiger partial charge in [-0.3, -0.25) is 0 Å². The summed E-state index contributed by atoms with van der Waals surface area (Å²) >= 11 is 0. The van der Waals surface area contributed by atoms with E-state index < -0.39 is 0 Å². The van der Waals surface area contributed by atoms with Gasteiger partial charge < -0.3 is 19.7 Å². The molecular formula is C14H24N2O2. The number of nitrogens with one attached hydrogen (secondary N) is 1. The van der Waals surface area contributed by atoms with Crippen molar-refractivity contribution in [2.24, 2.45) is 0 Å². The first-order valence-electron chi connectivity index (χ1n) is 6.44. The molecule has 0 aliphatic heterocycles. The van der Waals surface area contributed by atoms with Gasteiger partial charge >= 0.3 is 0 Å². The maximum absolute atomic E-state index is 5.70. The number of ether oxygens (including phenoxy) is 2. The fourth-order valence-corrected chi connectivity index (χ4v) is 1.50. The number of hydrogen-bond acceptors (Lipinski definition) is 4. The first kappa shape index (κ1) is 14.8. The van der Waals surface area contributed by atoms with E-state index in [1.165, 1.54) is 0 Å². The SMILES string of the molecule is CCOc1ccccc1OCCNCCN(C)C. The van der Waals surface area contributed by atoms with E-state index in [4.69, 9.17) is 9.47 Å². The number of rotatable bonds is 9. The zero-order valence-corrected chi connectivity index (χ0v) is 11.6. The van der Waals surface area contributed by atoms with Crippen LogP contribution in [0.2, 0.25) is 0 Å². The Hall–Kier alpha value is -1.26. The third-order valence-electron chi connectivity index (χ3n) is 2.42. The molecule has 1 aromatic carbocycles. The molecule has 4 heteroatoms. The van der Waals surface area contributed by atoms with E-state index in [-0.39, 0.29) is 0 Å². The Balaban J connectivity index is 2.22. The molecule has 0 bridgehead atoms. The highest BCUT2D eigenvalue weighted by Gasteiger charge is 2.02. The minimum atomic E-state index is 0.650.